The topological polar surface area (TPSA) is 30.5 Å². The van der Waals surface area contributed by atoms with Crippen LogP contribution in [0.1, 0.15) is 58.8 Å². The van der Waals surface area contributed by atoms with Gasteiger partial charge in [-0.3, -0.25) is 5.32 Å². The van der Waals surface area contributed by atoms with Gasteiger partial charge in [0, 0.05) is 19.6 Å². The van der Waals surface area contributed by atoms with Gasteiger partial charge in [-0.15, -0.1) is 0 Å². The van der Waals surface area contributed by atoms with Crippen LogP contribution < -0.4 is 5.32 Å². The Balaban J connectivity index is 1.73. The fourth-order valence-corrected chi connectivity index (χ4v) is 3.81. The van der Waals surface area contributed by atoms with Crippen molar-refractivity contribution in [3.05, 3.63) is 0 Å². The molecule has 2 unspecified atom stereocenters. The number of rotatable bonds is 0. The van der Waals surface area contributed by atoms with Crippen LogP contribution in [-0.4, -0.2) is 31.1 Å². The Morgan fingerprint density at radius 1 is 0.944 bits per heavy atom. The number of hydrogen-bond acceptors (Lipinski definition) is 3. The Labute approximate surface area is 111 Å². The normalized spacial score (nSPS) is 44.3. The van der Waals surface area contributed by atoms with Gasteiger partial charge in [0.15, 0.2) is 0 Å². The highest BCUT2D eigenvalue weighted by atomic mass is 16.6. The molecule has 0 aromatic heterocycles. The van der Waals surface area contributed by atoms with E-state index in [1.54, 1.807) is 0 Å². The van der Waals surface area contributed by atoms with E-state index in [0.29, 0.717) is 5.41 Å². The van der Waals surface area contributed by atoms with E-state index in [4.69, 9.17) is 9.47 Å². The zero-order valence-corrected chi connectivity index (χ0v) is 11.9. The highest BCUT2D eigenvalue weighted by Gasteiger charge is 2.48. The van der Waals surface area contributed by atoms with Crippen molar-refractivity contribution in [1.29, 1.82) is 0 Å². The minimum atomic E-state index is -0.0558. The van der Waals surface area contributed by atoms with Crippen molar-refractivity contribution >= 4 is 0 Å². The lowest BCUT2D eigenvalue weighted by Gasteiger charge is -2.47. The van der Waals surface area contributed by atoms with E-state index in [0.717, 1.165) is 45.4 Å². The lowest BCUT2D eigenvalue weighted by Crippen LogP contribution is -2.59. The van der Waals surface area contributed by atoms with Gasteiger partial charge in [-0.05, 0) is 43.9 Å². The van der Waals surface area contributed by atoms with E-state index in [1.165, 1.54) is 19.3 Å². The van der Waals surface area contributed by atoms with Crippen molar-refractivity contribution in [3.63, 3.8) is 0 Å². The van der Waals surface area contributed by atoms with Gasteiger partial charge < -0.3 is 9.47 Å². The van der Waals surface area contributed by atoms with E-state index in [-0.39, 0.29) is 11.3 Å². The molecule has 2 aliphatic heterocycles. The van der Waals surface area contributed by atoms with Crippen LogP contribution >= 0.6 is 0 Å². The van der Waals surface area contributed by atoms with Gasteiger partial charge in [-0.2, -0.15) is 0 Å². The largest absolute Gasteiger partial charge is 0.378 e. The highest BCUT2D eigenvalue weighted by Crippen LogP contribution is 2.43. The van der Waals surface area contributed by atoms with E-state index < -0.39 is 0 Å². The molecule has 3 nitrogen and oxygen atoms in total. The molecule has 3 rings (SSSR count). The second-order valence-electron chi connectivity index (χ2n) is 7.28. The lowest BCUT2D eigenvalue weighted by molar-refractivity contribution is -0.205. The summed E-state index contributed by atoms with van der Waals surface area (Å²) in [6.07, 6.45) is 8.37. The van der Waals surface area contributed by atoms with Gasteiger partial charge in [0.1, 0.15) is 5.72 Å². The van der Waals surface area contributed by atoms with E-state index in [1.807, 2.05) is 0 Å². The fraction of sp³-hybridized carbons (Fsp3) is 1.00. The number of ether oxygens (including phenoxy) is 2. The second kappa shape index (κ2) is 4.46. The fourth-order valence-electron chi connectivity index (χ4n) is 3.81. The molecule has 2 heterocycles. The zero-order valence-electron chi connectivity index (χ0n) is 11.9. The molecular formula is C15H27NO2. The molecule has 18 heavy (non-hydrogen) atoms. The predicted molar refractivity (Wildman–Crippen MR) is 71.5 cm³/mol. The number of nitrogens with one attached hydrogen (secondary N) is 1. The van der Waals surface area contributed by atoms with Crippen LogP contribution in [0.4, 0.5) is 0 Å². The maximum absolute atomic E-state index is 6.60. The first-order valence-electron chi connectivity index (χ1n) is 7.56. The molecule has 0 bridgehead atoms. The summed E-state index contributed by atoms with van der Waals surface area (Å²) in [5.41, 5.74) is 0.449. The molecule has 2 atom stereocenters. The molecule has 1 aliphatic carbocycles. The predicted octanol–water partition coefficient (Wildman–Crippen LogP) is 2.84. The molecule has 2 saturated heterocycles. The van der Waals surface area contributed by atoms with Crippen LogP contribution in [0.3, 0.4) is 0 Å². The van der Waals surface area contributed by atoms with Crippen LogP contribution in [0.2, 0.25) is 0 Å². The smallest absolute Gasteiger partial charge is 0.120 e. The first kappa shape index (κ1) is 12.9. The monoisotopic (exact) mass is 253 g/mol. The quantitative estimate of drug-likeness (QED) is 0.720. The third-order valence-corrected chi connectivity index (χ3v) is 5.15. The molecule has 3 aliphatic rings. The van der Waals surface area contributed by atoms with Crippen LogP contribution in [0, 0.1) is 5.41 Å². The van der Waals surface area contributed by atoms with Crippen molar-refractivity contribution in [3.8, 4) is 0 Å². The first-order valence-corrected chi connectivity index (χ1v) is 7.56. The van der Waals surface area contributed by atoms with Crippen molar-refractivity contribution in [2.24, 2.45) is 5.41 Å². The average Bonchev–Trinajstić information content (AvgIpc) is 2.69. The Kier molecular flexibility index (Phi) is 3.20. The molecule has 0 radical (unpaired) electrons. The van der Waals surface area contributed by atoms with Crippen LogP contribution in [0.25, 0.3) is 0 Å². The zero-order chi connectivity index (χ0) is 12.7. The Morgan fingerprint density at radius 2 is 1.83 bits per heavy atom. The summed E-state index contributed by atoms with van der Waals surface area (Å²) < 4.78 is 12.2. The number of hydrogen-bond donors (Lipinski definition) is 1. The molecule has 0 amide bonds. The maximum Gasteiger partial charge on any atom is 0.120 e. The van der Waals surface area contributed by atoms with Crippen LogP contribution in [-0.2, 0) is 9.47 Å². The standard InChI is InChI=1S/C15H27NO2/c1-13(2)4-3-5-15(7-6-13)16-10-8-14(18-15)9-11-17-12-14/h16H,3-12H2,1-2H3. The van der Waals surface area contributed by atoms with E-state index in [9.17, 15) is 0 Å². The second-order valence-corrected chi connectivity index (χ2v) is 7.28. The third-order valence-electron chi connectivity index (χ3n) is 5.15. The molecule has 2 spiro atoms. The summed E-state index contributed by atoms with van der Waals surface area (Å²) in [6.45, 7) is 7.55. The van der Waals surface area contributed by atoms with Gasteiger partial charge in [0.2, 0.25) is 0 Å². The summed E-state index contributed by atoms with van der Waals surface area (Å²) in [7, 11) is 0. The summed E-state index contributed by atoms with van der Waals surface area (Å²) in [5.74, 6) is 0. The van der Waals surface area contributed by atoms with E-state index >= 15 is 0 Å². The van der Waals surface area contributed by atoms with Crippen molar-refractivity contribution in [2.75, 3.05) is 19.8 Å². The van der Waals surface area contributed by atoms with Gasteiger partial charge in [-0.25, -0.2) is 0 Å². The highest BCUT2D eigenvalue weighted by molar-refractivity contribution is 4.97. The summed E-state index contributed by atoms with van der Waals surface area (Å²) in [4.78, 5) is 0. The Hall–Kier alpha value is -0.120. The molecular weight excluding hydrogens is 226 g/mol. The molecule has 104 valence electrons. The first-order chi connectivity index (χ1) is 8.54. The Bertz CT molecular complexity index is 310. The van der Waals surface area contributed by atoms with E-state index in [2.05, 4.69) is 19.2 Å². The molecule has 1 saturated carbocycles. The molecule has 1 N–H and O–H groups in total. The maximum atomic E-state index is 6.60. The average molecular weight is 253 g/mol. The third kappa shape index (κ3) is 2.45. The summed E-state index contributed by atoms with van der Waals surface area (Å²) >= 11 is 0. The minimum Gasteiger partial charge on any atom is -0.378 e. The van der Waals surface area contributed by atoms with Gasteiger partial charge in [0.25, 0.3) is 0 Å². The van der Waals surface area contributed by atoms with Crippen LogP contribution in [0.5, 0.6) is 0 Å². The van der Waals surface area contributed by atoms with Gasteiger partial charge >= 0.3 is 0 Å². The lowest BCUT2D eigenvalue weighted by atomic mass is 9.84. The Morgan fingerprint density at radius 3 is 2.61 bits per heavy atom. The molecule has 3 fully saturated rings. The minimum absolute atomic E-state index is 0.0275. The molecule has 0 aromatic carbocycles. The summed E-state index contributed by atoms with van der Waals surface area (Å²) in [5, 5.41) is 3.69. The summed E-state index contributed by atoms with van der Waals surface area (Å²) in [6, 6.07) is 0. The van der Waals surface area contributed by atoms with Gasteiger partial charge in [-0.1, -0.05) is 13.8 Å². The van der Waals surface area contributed by atoms with Crippen molar-refractivity contribution in [1.82, 2.24) is 5.32 Å². The van der Waals surface area contributed by atoms with Gasteiger partial charge in [0.05, 0.1) is 12.2 Å². The SMILES string of the molecule is CC1(C)CCCC2(CC1)NCCC1(CCOC1)O2. The van der Waals surface area contributed by atoms with Crippen molar-refractivity contribution in [2.45, 2.75) is 70.1 Å². The van der Waals surface area contributed by atoms with Crippen molar-refractivity contribution < 1.29 is 9.47 Å². The van der Waals surface area contributed by atoms with Crippen LogP contribution in [0.15, 0.2) is 0 Å². The molecule has 3 heteroatoms. The molecule has 0 aromatic rings.